The molecule has 0 spiro atoms. The van der Waals surface area contributed by atoms with Crippen LogP contribution >= 0.6 is 58.0 Å². The van der Waals surface area contributed by atoms with Gasteiger partial charge in [0.25, 0.3) is 0 Å². The summed E-state index contributed by atoms with van der Waals surface area (Å²) in [5.41, 5.74) is 11.1. The number of hydrogen-bond donors (Lipinski definition) is 2. The molecule has 0 amide bonds. The molecule has 2 aromatic heterocycles. The normalized spacial score (nSPS) is 10.5. The number of halogens is 5. The highest BCUT2D eigenvalue weighted by Crippen LogP contribution is 2.31. The number of nitrogens with one attached hydrogen (secondary N) is 1. The number of anilines is 1. The van der Waals surface area contributed by atoms with Gasteiger partial charge in [0.1, 0.15) is 11.0 Å². The minimum atomic E-state index is 0.476. The summed E-state index contributed by atoms with van der Waals surface area (Å²) in [5, 5.41) is 8.68. The molecule has 43 heavy (non-hydrogen) atoms. The second kappa shape index (κ2) is 15.6. The van der Waals surface area contributed by atoms with E-state index in [0.29, 0.717) is 23.3 Å². The van der Waals surface area contributed by atoms with Crippen LogP contribution in [-0.2, 0) is 13.1 Å². The van der Waals surface area contributed by atoms with E-state index in [2.05, 4.69) is 15.3 Å². The number of hydrogen-bond acceptors (Lipinski definition) is 4. The van der Waals surface area contributed by atoms with Gasteiger partial charge in [0.15, 0.2) is 0 Å². The molecule has 0 fully saturated rings. The summed E-state index contributed by atoms with van der Waals surface area (Å²) in [7, 11) is 0. The molecular formula is C34H29Cl5N4. The van der Waals surface area contributed by atoms with Gasteiger partial charge in [-0.1, -0.05) is 119 Å². The Hall–Kier alpha value is -3.09. The molecule has 0 unspecified atom stereocenters. The summed E-state index contributed by atoms with van der Waals surface area (Å²) in [6.45, 7) is 5.10. The van der Waals surface area contributed by atoms with Crippen LogP contribution in [0, 0.1) is 13.8 Å². The second-order valence-electron chi connectivity index (χ2n) is 9.59. The summed E-state index contributed by atoms with van der Waals surface area (Å²) in [6.07, 6.45) is 0. The number of nitrogens with zero attached hydrogens (tertiary/aromatic N) is 2. The quantitative estimate of drug-likeness (QED) is 0.183. The molecular weight excluding hydrogens is 642 g/mol. The first-order chi connectivity index (χ1) is 20.7. The third kappa shape index (κ3) is 8.73. The Morgan fingerprint density at radius 2 is 1.05 bits per heavy atom. The van der Waals surface area contributed by atoms with Crippen molar-refractivity contribution in [2.75, 3.05) is 5.32 Å². The van der Waals surface area contributed by atoms with E-state index < -0.39 is 0 Å². The summed E-state index contributed by atoms with van der Waals surface area (Å²) < 4.78 is 0. The minimum Gasteiger partial charge on any atom is -0.366 e. The van der Waals surface area contributed by atoms with Gasteiger partial charge in [-0.25, -0.2) is 9.97 Å². The van der Waals surface area contributed by atoms with Crippen molar-refractivity contribution in [3.63, 3.8) is 0 Å². The maximum atomic E-state index is 6.44. The van der Waals surface area contributed by atoms with E-state index in [1.54, 1.807) is 0 Å². The lowest BCUT2D eigenvalue weighted by Gasteiger charge is -2.12. The Morgan fingerprint density at radius 1 is 0.581 bits per heavy atom. The zero-order valence-corrected chi connectivity index (χ0v) is 27.3. The van der Waals surface area contributed by atoms with Gasteiger partial charge in [0.2, 0.25) is 0 Å². The van der Waals surface area contributed by atoms with E-state index in [4.69, 9.17) is 63.7 Å². The van der Waals surface area contributed by atoms with Crippen LogP contribution in [0.4, 0.5) is 5.82 Å². The third-order valence-electron chi connectivity index (χ3n) is 6.58. The Bertz CT molecular complexity index is 1820. The third-order valence-corrected chi connectivity index (χ3v) is 8.42. The van der Waals surface area contributed by atoms with Crippen molar-refractivity contribution < 1.29 is 0 Å². The van der Waals surface area contributed by atoms with E-state index in [-0.39, 0.29) is 0 Å². The van der Waals surface area contributed by atoms with Gasteiger partial charge < -0.3 is 11.1 Å². The lowest BCUT2D eigenvalue weighted by Crippen LogP contribution is -2.04. The number of pyridine rings is 2. The van der Waals surface area contributed by atoms with Crippen LogP contribution in [0.15, 0.2) is 97.1 Å². The predicted molar refractivity (Wildman–Crippen MR) is 186 cm³/mol. The van der Waals surface area contributed by atoms with Crippen molar-refractivity contribution in [3.8, 4) is 0 Å². The minimum absolute atomic E-state index is 0.476. The molecule has 0 saturated heterocycles. The molecule has 2 heterocycles. The first kappa shape index (κ1) is 32.8. The average molecular weight is 671 g/mol. The summed E-state index contributed by atoms with van der Waals surface area (Å²) in [6, 6.07) is 30.8. The van der Waals surface area contributed by atoms with Crippen LogP contribution in [-0.4, -0.2) is 9.97 Å². The summed E-state index contributed by atoms with van der Waals surface area (Å²) in [5.74, 6) is 0.814. The molecule has 6 aromatic rings. The number of fused-ring (bicyclic) bond motifs is 2. The van der Waals surface area contributed by atoms with Crippen LogP contribution in [0.25, 0.3) is 21.8 Å². The highest BCUT2D eigenvalue weighted by atomic mass is 35.5. The van der Waals surface area contributed by atoms with Gasteiger partial charge >= 0.3 is 0 Å². The van der Waals surface area contributed by atoms with Crippen LogP contribution in [0.5, 0.6) is 0 Å². The van der Waals surface area contributed by atoms with Crippen LogP contribution in [0.1, 0.15) is 22.3 Å². The van der Waals surface area contributed by atoms with Gasteiger partial charge in [-0.3, -0.25) is 0 Å². The average Bonchev–Trinajstić information content (AvgIpc) is 3.03. The zero-order valence-electron chi connectivity index (χ0n) is 23.5. The van der Waals surface area contributed by atoms with Gasteiger partial charge in [0.05, 0.1) is 21.1 Å². The standard InChI is InChI=1S/C17H14Cl2N2.C10H7Cl2N.C7H8ClN/c1-11-16(19)14-4-2-3-5-15(14)21-17(11)20-10-12-6-8-13(18)9-7-12;1-6-9(11)7-4-2-3-5-8(7)13-10(6)12;8-7-3-1-6(5-9)2-4-7/h2-9H,10H2,1H3,(H,20,21);2-5H,1H3;1-4H,5,9H2. The van der Waals surface area contributed by atoms with Crippen molar-refractivity contribution in [2.45, 2.75) is 26.9 Å². The fraction of sp³-hybridized carbons (Fsp3) is 0.118. The lowest BCUT2D eigenvalue weighted by atomic mass is 10.1. The Kier molecular flexibility index (Phi) is 11.9. The van der Waals surface area contributed by atoms with Crippen LogP contribution in [0.3, 0.4) is 0 Å². The maximum absolute atomic E-state index is 6.44. The molecule has 4 nitrogen and oxygen atoms in total. The molecule has 0 atom stereocenters. The molecule has 9 heteroatoms. The number of nitrogens with two attached hydrogens (primary N) is 1. The molecule has 0 aliphatic carbocycles. The Labute approximate surface area is 276 Å². The molecule has 0 bridgehead atoms. The van der Waals surface area contributed by atoms with Crippen molar-refractivity contribution in [3.05, 3.63) is 145 Å². The topological polar surface area (TPSA) is 63.8 Å². The zero-order chi connectivity index (χ0) is 30.9. The molecule has 0 aliphatic heterocycles. The first-order valence-electron chi connectivity index (χ1n) is 13.4. The molecule has 3 N–H and O–H groups in total. The molecule has 4 aromatic carbocycles. The SMILES string of the molecule is Cc1c(Cl)nc2ccccc2c1Cl.Cc1c(NCc2ccc(Cl)cc2)nc2ccccc2c1Cl.NCc1ccc(Cl)cc1. The summed E-state index contributed by atoms with van der Waals surface area (Å²) in [4.78, 5) is 8.86. The van der Waals surface area contributed by atoms with Crippen molar-refractivity contribution in [1.82, 2.24) is 9.97 Å². The van der Waals surface area contributed by atoms with Crippen molar-refractivity contribution in [1.29, 1.82) is 0 Å². The Balaban J connectivity index is 0.000000163. The molecule has 220 valence electrons. The fourth-order valence-electron chi connectivity index (χ4n) is 4.09. The van der Waals surface area contributed by atoms with Crippen molar-refractivity contribution >= 4 is 85.6 Å². The number of rotatable bonds is 4. The van der Waals surface area contributed by atoms with E-state index in [1.807, 2.05) is 111 Å². The van der Waals surface area contributed by atoms with Gasteiger partial charge in [-0.15, -0.1) is 0 Å². The van der Waals surface area contributed by atoms with Gasteiger partial charge in [0, 0.05) is 45.0 Å². The fourth-order valence-corrected chi connectivity index (χ4v) is 5.07. The van der Waals surface area contributed by atoms with Crippen LogP contribution in [0.2, 0.25) is 25.2 Å². The number of para-hydroxylation sites is 2. The molecule has 0 aliphatic rings. The van der Waals surface area contributed by atoms with E-state index in [9.17, 15) is 0 Å². The maximum Gasteiger partial charge on any atom is 0.134 e. The smallest absolute Gasteiger partial charge is 0.134 e. The highest BCUT2D eigenvalue weighted by molar-refractivity contribution is 6.39. The van der Waals surface area contributed by atoms with E-state index in [1.165, 1.54) is 0 Å². The van der Waals surface area contributed by atoms with E-state index >= 15 is 0 Å². The summed E-state index contributed by atoms with van der Waals surface area (Å²) >= 11 is 30.0. The molecule has 0 radical (unpaired) electrons. The largest absolute Gasteiger partial charge is 0.366 e. The predicted octanol–water partition coefficient (Wildman–Crippen LogP) is 11.1. The van der Waals surface area contributed by atoms with E-state index in [0.717, 1.165) is 64.9 Å². The molecule has 6 rings (SSSR count). The molecule has 0 saturated carbocycles. The van der Waals surface area contributed by atoms with Crippen LogP contribution < -0.4 is 11.1 Å². The Morgan fingerprint density at radius 3 is 1.58 bits per heavy atom. The number of benzene rings is 4. The van der Waals surface area contributed by atoms with Gasteiger partial charge in [-0.2, -0.15) is 0 Å². The second-order valence-corrected chi connectivity index (χ2v) is 11.6. The monoisotopic (exact) mass is 668 g/mol. The number of aromatic nitrogens is 2. The lowest BCUT2D eigenvalue weighted by molar-refractivity contribution is 1.07. The highest BCUT2D eigenvalue weighted by Gasteiger charge is 2.10. The van der Waals surface area contributed by atoms with Gasteiger partial charge in [-0.05, 0) is 61.4 Å². The van der Waals surface area contributed by atoms with Crippen molar-refractivity contribution in [2.24, 2.45) is 5.73 Å². The first-order valence-corrected chi connectivity index (χ1v) is 15.2.